The van der Waals surface area contributed by atoms with Crippen LogP contribution in [-0.4, -0.2) is 28.2 Å². The number of benzene rings is 1. The first kappa shape index (κ1) is 17.4. The summed E-state index contributed by atoms with van der Waals surface area (Å²) in [6.07, 6.45) is 0.928. The van der Waals surface area contributed by atoms with E-state index in [0.717, 1.165) is 6.07 Å². The first-order valence-corrected chi connectivity index (χ1v) is 7.12. The molecule has 0 aliphatic rings. The van der Waals surface area contributed by atoms with Crippen LogP contribution in [0.5, 0.6) is 5.75 Å². The van der Waals surface area contributed by atoms with E-state index < -0.39 is 16.9 Å². The minimum atomic E-state index is -0.971. The maximum Gasteiger partial charge on any atom is 0.270 e. The van der Waals surface area contributed by atoms with E-state index in [-0.39, 0.29) is 22.2 Å². The Kier molecular flexibility index (Phi) is 5.43. The number of pyridine rings is 1. The summed E-state index contributed by atoms with van der Waals surface area (Å²) in [5, 5.41) is 13.4. The van der Waals surface area contributed by atoms with Gasteiger partial charge < -0.3 is 10.1 Å². The van der Waals surface area contributed by atoms with Crippen LogP contribution in [0.4, 0.5) is 11.4 Å². The lowest BCUT2D eigenvalue weighted by Gasteiger charge is -2.16. The van der Waals surface area contributed by atoms with E-state index in [1.165, 1.54) is 25.3 Å². The van der Waals surface area contributed by atoms with Crippen LogP contribution in [0, 0.1) is 10.1 Å². The summed E-state index contributed by atoms with van der Waals surface area (Å²) in [5.74, 6) is -0.448. The molecule has 2 rings (SSSR count). The monoisotopic (exact) mass is 349 g/mol. The number of hydrogen-bond donors (Lipinski definition) is 1. The highest BCUT2D eigenvalue weighted by Gasteiger charge is 2.19. The van der Waals surface area contributed by atoms with Gasteiger partial charge in [-0.3, -0.25) is 19.7 Å². The summed E-state index contributed by atoms with van der Waals surface area (Å²) in [7, 11) is 0. The van der Waals surface area contributed by atoms with Gasteiger partial charge in [-0.1, -0.05) is 11.6 Å². The molecule has 1 heterocycles. The second-order valence-corrected chi connectivity index (χ2v) is 5.05. The number of anilines is 1. The fourth-order valence-corrected chi connectivity index (χ4v) is 1.97. The molecule has 0 bridgehead atoms. The predicted molar refractivity (Wildman–Crippen MR) is 86.5 cm³/mol. The van der Waals surface area contributed by atoms with Crippen molar-refractivity contribution < 1.29 is 19.2 Å². The van der Waals surface area contributed by atoms with E-state index in [2.05, 4.69) is 10.3 Å². The van der Waals surface area contributed by atoms with E-state index in [9.17, 15) is 19.7 Å². The number of amides is 1. The Morgan fingerprint density at radius 2 is 2.21 bits per heavy atom. The highest BCUT2D eigenvalue weighted by molar-refractivity contribution is 6.32. The van der Waals surface area contributed by atoms with E-state index in [4.69, 9.17) is 16.3 Å². The molecule has 0 aliphatic carbocycles. The number of nitro groups is 1. The Hall–Kier alpha value is -3.00. The van der Waals surface area contributed by atoms with Crippen LogP contribution in [0.3, 0.4) is 0 Å². The number of aromatic nitrogens is 1. The van der Waals surface area contributed by atoms with Crippen molar-refractivity contribution in [3.05, 3.63) is 57.4 Å². The molecule has 1 aromatic carbocycles. The van der Waals surface area contributed by atoms with E-state index >= 15 is 0 Å². The third-order valence-corrected chi connectivity index (χ3v) is 3.32. The Bertz CT molecular complexity index is 796. The van der Waals surface area contributed by atoms with Crippen molar-refractivity contribution >= 4 is 35.2 Å². The average molecular weight is 350 g/mol. The van der Waals surface area contributed by atoms with Gasteiger partial charge in [0.25, 0.3) is 11.6 Å². The van der Waals surface area contributed by atoms with E-state index in [0.29, 0.717) is 12.0 Å². The Labute approximate surface area is 141 Å². The number of nitrogens with zero attached hydrogens (tertiary/aromatic N) is 2. The number of halogens is 1. The lowest BCUT2D eigenvalue weighted by Crippen LogP contribution is -2.30. The zero-order chi connectivity index (χ0) is 17.7. The van der Waals surface area contributed by atoms with Crippen molar-refractivity contribution in [3.8, 4) is 5.75 Å². The van der Waals surface area contributed by atoms with Gasteiger partial charge in [0.05, 0.1) is 16.2 Å². The fraction of sp³-hybridized carbons (Fsp3) is 0.133. The number of aldehydes is 1. The molecule has 1 aromatic heterocycles. The molecule has 2 aromatic rings. The quantitative estimate of drug-likeness (QED) is 0.371. The lowest BCUT2D eigenvalue weighted by atomic mass is 10.2. The second-order valence-electron chi connectivity index (χ2n) is 4.69. The van der Waals surface area contributed by atoms with Crippen LogP contribution >= 0.6 is 11.6 Å². The molecule has 24 heavy (non-hydrogen) atoms. The van der Waals surface area contributed by atoms with Gasteiger partial charge in [-0.15, -0.1) is 0 Å². The fourth-order valence-electron chi connectivity index (χ4n) is 1.81. The van der Waals surface area contributed by atoms with Crippen LogP contribution in [0.15, 0.2) is 36.5 Å². The minimum Gasteiger partial charge on any atom is -0.480 e. The number of carbonyl (C=O) groups excluding carboxylic acids is 2. The number of rotatable bonds is 6. The molecule has 0 saturated heterocycles. The first-order valence-electron chi connectivity index (χ1n) is 6.74. The smallest absolute Gasteiger partial charge is 0.270 e. The molecular formula is C15H12ClN3O5. The Morgan fingerprint density at radius 1 is 1.46 bits per heavy atom. The van der Waals surface area contributed by atoms with E-state index in [1.54, 1.807) is 12.1 Å². The average Bonchev–Trinajstić information content (AvgIpc) is 2.56. The topological polar surface area (TPSA) is 111 Å². The summed E-state index contributed by atoms with van der Waals surface area (Å²) < 4.78 is 5.42. The molecule has 0 spiro atoms. The van der Waals surface area contributed by atoms with Gasteiger partial charge >= 0.3 is 0 Å². The Morgan fingerprint density at radius 3 is 2.83 bits per heavy atom. The van der Waals surface area contributed by atoms with Crippen molar-refractivity contribution in [2.24, 2.45) is 0 Å². The van der Waals surface area contributed by atoms with Gasteiger partial charge in [-0.2, -0.15) is 0 Å². The summed E-state index contributed by atoms with van der Waals surface area (Å²) in [6.45, 7) is 1.47. The van der Waals surface area contributed by atoms with Gasteiger partial charge in [0.15, 0.2) is 17.5 Å². The zero-order valence-corrected chi connectivity index (χ0v) is 13.2. The van der Waals surface area contributed by atoms with Crippen molar-refractivity contribution in [1.29, 1.82) is 0 Å². The van der Waals surface area contributed by atoms with Crippen LogP contribution in [0.2, 0.25) is 5.15 Å². The lowest BCUT2D eigenvalue weighted by molar-refractivity contribution is -0.384. The van der Waals surface area contributed by atoms with Gasteiger partial charge in [-0.05, 0) is 25.1 Å². The van der Waals surface area contributed by atoms with Gasteiger partial charge in [-0.25, -0.2) is 4.98 Å². The summed E-state index contributed by atoms with van der Waals surface area (Å²) >= 11 is 5.85. The summed E-state index contributed by atoms with van der Waals surface area (Å²) in [4.78, 5) is 37.1. The van der Waals surface area contributed by atoms with Crippen LogP contribution in [0.1, 0.15) is 17.3 Å². The van der Waals surface area contributed by atoms with Crippen molar-refractivity contribution in [2.45, 2.75) is 13.0 Å². The highest BCUT2D eigenvalue weighted by atomic mass is 35.5. The number of hydrogen-bond acceptors (Lipinski definition) is 6. The van der Waals surface area contributed by atoms with Crippen molar-refractivity contribution in [3.63, 3.8) is 0 Å². The largest absolute Gasteiger partial charge is 0.480 e. The third-order valence-electron chi connectivity index (χ3n) is 3.02. The minimum absolute atomic E-state index is 0.0248. The SMILES string of the molecule is C[C@H](Oc1ccc([N+](=O)[O-])cc1C=O)C(=O)Nc1cccnc1Cl. The number of ether oxygens (including phenoxy) is 1. The van der Waals surface area contributed by atoms with Gasteiger partial charge in [0.2, 0.25) is 0 Å². The number of nitrogens with one attached hydrogen (secondary N) is 1. The molecule has 1 atom stereocenters. The molecule has 0 aliphatic heterocycles. The van der Waals surface area contributed by atoms with E-state index in [1.807, 2.05) is 0 Å². The molecule has 0 radical (unpaired) electrons. The standard InChI is InChI=1S/C15H12ClN3O5/c1-9(15(21)18-12-3-2-6-17-14(12)16)24-13-5-4-11(19(22)23)7-10(13)8-20/h2-9H,1H3,(H,18,21)/t9-/m0/s1. The first-order chi connectivity index (χ1) is 11.4. The van der Waals surface area contributed by atoms with Crippen LogP contribution in [0.25, 0.3) is 0 Å². The summed E-state index contributed by atoms with van der Waals surface area (Å²) in [6, 6.07) is 6.70. The molecular weight excluding hydrogens is 338 g/mol. The predicted octanol–water partition coefficient (Wildman–Crippen LogP) is 2.86. The molecule has 9 heteroatoms. The molecule has 124 valence electrons. The van der Waals surface area contributed by atoms with Crippen molar-refractivity contribution in [2.75, 3.05) is 5.32 Å². The Balaban J connectivity index is 2.12. The maximum absolute atomic E-state index is 12.1. The van der Waals surface area contributed by atoms with Gasteiger partial charge in [0.1, 0.15) is 5.75 Å². The van der Waals surface area contributed by atoms with Gasteiger partial charge in [0, 0.05) is 18.3 Å². The molecule has 1 N–H and O–H groups in total. The highest BCUT2D eigenvalue weighted by Crippen LogP contribution is 2.24. The molecule has 1 amide bonds. The zero-order valence-electron chi connectivity index (χ0n) is 12.4. The molecule has 0 unspecified atom stereocenters. The number of non-ortho nitro benzene ring substituents is 1. The molecule has 8 nitrogen and oxygen atoms in total. The molecule has 0 saturated carbocycles. The number of carbonyl (C=O) groups is 2. The maximum atomic E-state index is 12.1. The normalized spacial score (nSPS) is 11.4. The summed E-state index contributed by atoms with van der Waals surface area (Å²) in [5.41, 5.74) is 0.0471. The second kappa shape index (κ2) is 7.51. The molecule has 0 fully saturated rings. The van der Waals surface area contributed by atoms with Crippen LogP contribution < -0.4 is 10.1 Å². The third kappa shape index (κ3) is 4.05. The van der Waals surface area contributed by atoms with Crippen molar-refractivity contribution in [1.82, 2.24) is 4.98 Å². The number of nitro benzene ring substituents is 1. The van der Waals surface area contributed by atoms with Crippen LogP contribution in [-0.2, 0) is 4.79 Å².